The van der Waals surface area contributed by atoms with E-state index in [1.165, 1.54) is 0 Å². The standard InChI is InChI=1S/C23H42N2O6/c1-6-28-17(2)14-29-18(3)15-30-19(4)16-31-23(26)22(24)20-9-7-10-21(13-20)25-11-8-12-27-5/h13,17-19,25H,6-12,14-16,24H2,1-5H3/b22-20+. The van der Waals surface area contributed by atoms with Crippen molar-refractivity contribution in [1.82, 2.24) is 5.32 Å². The topological polar surface area (TPSA) is 101 Å². The largest absolute Gasteiger partial charge is 0.458 e. The lowest BCUT2D eigenvalue weighted by Crippen LogP contribution is -2.28. The Morgan fingerprint density at radius 3 is 2.35 bits per heavy atom. The molecule has 3 unspecified atom stereocenters. The molecule has 0 radical (unpaired) electrons. The second-order valence-electron chi connectivity index (χ2n) is 7.89. The van der Waals surface area contributed by atoms with Crippen molar-refractivity contribution in [2.45, 2.75) is 71.7 Å². The lowest BCUT2D eigenvalue weighted by Gasteiger charge is -2.20. The molecule has 3 atom stereocenters. The molecule has 1 aliphatic rings. The van der Waals surface area contributed by atoms with Crippen LogP contribution in [0.5, 0.6) is 0 Å². The average molecular weight is 443 g/mol. The molecule has 31 heavy (non-hydrogen) atoms. The van der Waals surface area contributed by atoms with E-state index in [0.717, 1.165) is 50.1 Å². The van der Waals surface area contributed by atoms with E-state index in [0.29, 0.717) is 19.8 Å². The summed E-state index contributed by atoms with van der Waals surface area (Å²) in [5.41, 5.74) is 8.16. The summed E-state index contributed by atoms with van der Waals surface area (Å²) in [4.78, 5) is 12.4. The number of methoxy groups -OCH3 is 1. The maximum atomic E-state index is 12.4. The van der Waals surface area contributed by atoms with E-state index in [1.807, 2.05) is 33.8 Å². The Balaban J connectivity index is 2.37. The van der Waals surface area contributed by atoms with Crippen LogP contribution in [0, 0.1) is 0 Å². The summed E-state index contributed by atoms with van der Waals surface area (Å²) in [5.74, 6) is -0.503. The van der Waals surface area contributed by atoms with Crippen molar-refractivity contribution in [1.29, 1.82) is 0 Å². The van der Waals surface area contributed by atoms with Gasteiger partial charge in [0.1, 0.15) is 12.3 Å². The highest BCUT2D eigenvalue weighted by Gasteiger charge is 2.17. The molecule has 1 rings (SSSR count). The number of esters is 1. The monoisotopic (exact) mass is 442 g/mol. The van der Waals surface area contributed by atoms with Gasteiger partial charge in [0.15, 0.2) is 0 Å². The molecule has 0 aromatic carbocycles. The summed E-state index contributed by atoms with van der Waals surface area (Å²) < 4.78 is 27.3. The van der Waals surface area contributed by atoms with Crippen LogP contribution in [-0.2, 0) is 28.5 Å². The fourth-order valence-corrected chi connectivity index (χ4v) is 3.07. The van der Waals surface area contributed by atoms with Gasteiger partial charge in [-0.1, -0.05) is 0 Å². The van der Waals surface area contributed by atoms with Crippen LogP contribution in [0.1, 0.15) is 53.4 Å². The second kappa shape index (κ2) is 16.1. The minimum atomic E-state index is -0.503. The molecule has 0 saturated carbocycles. The molecule has 0 aromatic heterocycles. The summed E-state index contributed by atoms with van der Waals surface area (Å²) in [6.45, 7) is 11.0. The normalized spacial score (nSPS) is 18.7. The molecule has 0 fully saturated rings. The van der Waals surface area contributed by atoms with Crippen molar-refractivity contribution >= 4 is 5.97 Å². The summed E-state index contributed by atoms with van der Waals surface area (Å²) in [7, 11) is 1.69. The zero-order valence-corrected chi connectivity index (χ0v) is 19.9. The van der Waals surface area contributed by atoms with E-state index in [1.54, 1.807) is 7.11 Å². The summed E-state index contributed by atoms with van der Waals surface area (Å²) >= 11 is 0. The van der Waals surface area contributed by atoms with Gasteiger partial charge in [-0.2, -0.15) is 0 Å². The molecular formula is C23H42N2O6. The molecule has 0 bridgehead atoms. The van der Waals surface area contributed by atoms with Crippen molar-refractivity contribution in [3.63, 3.8) is 0 Å². The quantitative estimate of drug-likeness (QED) is 0.214. The van der Waals surface area contributed by atoms with Crippen molar-refractivity contribution in [2.24, 2.45) is 5.73 Å². The first kappa shape index (κ1) is 27.4. The highest BCUT2D eigenvalue weighted by molar-refractivity contribution is 5.89. The maximum absolute atomic E-state index is 12.4. The Morgan fingerprint density at radius 1 is 1.06 bits per heavy atom. The number of allylic oxidation sites excluding steroid dienone is 3. The number of ether oxygens (including phenoxy) is 5. The lowest BCUT2D eigenvalue weighted by molar-refractivity contribution is -0.144. The first-order valence-corrected chi connectivity index (χ1v) is 11.3. The number of nitrogens with one attached hydrogen (secondary N) is 1. The van der Waals surface area contributed by atoms with E-state index >= 15 is 0 Å². The molecule has 8 nitrogen and oxygen atoms in total. The van der Waals surface area contributed by atoms with Crippen molar-refractivity contribution in [2.75, 3.05) is 46.7 Å². The molecule has 1 aliphatic carbocycles. The molecule has 0 aromatic rings. The molecule has 0 amide bonds. The SMILES string of the molecule is CCOC(C)COC(C)COC(C)COC(=O)/C(N)=C1\C=C(NCCCOC)CCC1. The number of nitrogens with two attached hydrogens (primary N) is 1. The molecule has 3 N–H and O–H groups in total. The van der Waals surface area contributed by atoms with Crippen LogP contribution in [0.4, 0.5) is 0 Å². The molecular weight excluding hydrogens is 400 g/mol. The highest BCUT2D eigenvalue weighted by Crippen LogP contribution is 2.22. The lowest BCUT2D eigenvalue weighted by atomic mass is 9.97. The van der Waals surface area contributed by atoms with Crippen LogP contribution in [0.15, 0.2) is 23.0 Å². The highest BCUT2D eigenvalue weighted by atomic mass is 16.6. The van der Waals surface area contributed by atoms with E-state index in [-0.39, 0.29) is 30.6 Å². The number of rotatable bonds is 16. The minimum absolute atomic E-state index is 0.0525. The molecule has 180 valence electrons. The van der Waals surface area contributed by atoms with E-state index in [9.17, 15) is 4.79 Å². The molecule has 0 heterocycles. The Bertz CT molecular complexity index is 578. The first-order valence-electron chi connectivity index (χ1n) is 11.3. The van der Waals surface area contributed by atoms with Gasteiger partial charge in [-0.3, -0.25) is 0 Å². The Hall–Kier alpha value is -1.61. The van der Waals surface area contributed by atoms with E-state index in [4.69, 9.17) is 29.4 Å². The molecule has 0 spiro atoms. The first-order chi connectivity index (χ1) is 14.9. The number of carbonyl (C=O) groups is 1. The predicted octanol–water partition coefficient (Wildman–Crippen LogP) is 2.67. The van der Waals surface area contributed by atoms with Crippen LogP contribution in [0.3, 0.4) is 0 Å². The van der Waals surface area contributed by atoms with Crippen molar-refractivity contribution in [3.8, 4) is 0 Å². The summed E-state index contributed by atoms with van der Waals surface area (Å²) in [5, 5.41) is 3.38. The Kier molecular flexibility index (Phi) is 14.2. The third-order valence-electron chi connectivity index (χ3n) is 4.82. The predicted molar refractivity (Wildman–Crippen MR) is 121 cm³/mol. The van der Waals surface area contributed by atoms with Crippen LogP contribution in [0.2, 0.25) is 0 Å². The van der Waals surface area contributed by atoms with Gasteiger partial charge in [0, 0.05) is 32.6 Å². The van der Waals surface area contributed by atoms with Crippen LogP contribution in [-0.4, -0.2) is 71.0 Å². The van der Waals surface area contributed by atoms with Crippen LogP contribution < -0.4 is 11.1 Å². The van der Waals surface area contributed by atoms with Crippen molar-refractivity contribution in [3.05, 3.63) is 23.0 Å². The van der Waals surface area contributed by atoms with E-state index in [2.05, 4.69) is 5.32 Å². The van der Waals surface area contributed by atoms with Gasteiger partial charge >= 0.3 is 5.97 Å². The zero-order valence-electron chi connectivity index (χ0n) is 19.9. The Morgan fingerprint density at radius 2 is 1.71 bits per heavy atom. The minimum Gasteiger partial charge on any atom is -0.458 e. The van der Waals surface area contributed by atoms with E-state index < -0.39 is 5.97 Å². The molecule has 0 saturated heterocycles. The van der Waals surface area contributed by atoms with Gasteiger partial charge in [-0.25, -0.2) is 4.79 Å². The second-order valence-corrected chi connectivity index (χ2v) is 7.89. The zero-order chi connectivity index (χ0) is 23.1. The van der Waals surface area contributed by atoms with Crippen molar-refractivity contribution < 1.29 is 28.5 Å². The van der Waals surface area contributed by atoms with Gasteiger partial charge < -0.3 is 34.7 Å². The molecule has 0 aliphatic heterocycles. The average Bonchev–Trinajstić information content (AvgIpc) is 2.77. The van der Waals surface area contributed by atoms with Gasteiger partial charge in [-0.05, 0) is 65.0 Å². The van der Waals surface area contributed by atoms with Crippen LogP contribution in [0.25, 0.3) is 0 Å². The number of hydrogen-bond donors (Lipinski definition) is 2. The fourth-order valence-electron chi connectivity index (χ4n) is 3.07. The third-order valence-corrected chi connectivity index (χ3v) is 4.82. The molecule has 8 heteroatoms. The van der Waals surface area contributed by atoms with Gasteiger partial charge in [0.25, 0.3) is 0 Å². The van der Waals surface area contributed by atoms with Crippen LogP contribution >= 0.6 is 0 Å². The summed E-state index contributed by atoms with van der Waals surface area (Å²) in [6.07, 6.45) is 5.29. The number of hydrogen-bond acceptors (Lipinski definition) is 8. The Labute approximate surface area is 187 Å². The van der Waals surface area contributed by atoms with Gasteiger partial charge in [0.05, 0.1) is 31.5 Å². The third kappa shape index (κ3) is 12.1. The fraction of sp³-hybridized carbons (Fsp3) is 0.783. The summed E-state index contributed by atoms with van der Waals surface area (Å²) in [6, 6.07) is 0. The maximum Gasteiger partial charge on any atom is 0.354 e. The van der Waals surface area contributed by atoms with Gasteiger partial charge in [-0.15, -0.1) is 0 Å². The smallest absolute Gasteiger partial charge is 0.354 e. The van der Waals surface area contributed by atoms with Gasteiger partial charge in [0.2, 0.25) is 0 Å². The number of carbonyl (C=O) groups excluding carboxylic acids is 1.